The number of carbonyl (C=O) groups excluding carboxylic acids is 1. The van der Waals surface area contributed by atoms with Gasteiger partial charge < -0.3 is 10.1 Å². The van der Waals surface area contributed by atoms with Gasteiger partial charge in [-0.05, 0) is 19.4 Å². The van der Waals surface area contributed by atoms with Gasteiger partial charge in [0, 0.05) is 6.54 Å². The van der Waals surface area contributed by atoms with Gasteiger partial charge in [0.25, 0.3) is 3.79 Å². The number of nitrogens with one attached hydrogen (secondary N) is 1. The highest BCUT2D eigenvalue weighted by Gasteiger charge is 2.34. The maximum Gasteiger partial charge on any atom is 0.358 e. The lowest BCUT2D eigenvalue weighted by molar-refractivity contribution is -0.148. The first-order valence-electron chi connectivity index (χ1n) is 3.98. The molecule has 0 amide bonds. The van der Waals surface area contributed by atoms with Crippen molar-refractivity contribution in [1.82, 2.24) is 5.32 Å². The molecule has 1 saturated heterocycles. The van der Waals surface area contributed by atoms with Gasteiger partial charge >= 0.3 is 5.97 Å². The Morgan fingerprint density at radius 3 is 2.62 bits per heavy atom. The van der Waals surface area contributed by atoms with E-state index in [1.54, 1.807) is 0 Å². The van der Waals surface area contributed by atoms with Gasteiger partial charge in [-0.3, -0.25) is 0 Å². The fourth-order valence-electron chi connectivity index (χ4n) is 1.14. The number of rotatable bonds is 1. The van der Waals surface area contributed by atoms with Gasteiger partial charge in [-0.1, -0.05) is 34.8 Å². The highest BCUT2D eigenvalue weighted by Crippen LogP contribution is 2.28. The Kier molecular flexibility index (Phi) is 4.10. The molecule has 1 unspecified atom stereocenters. The van der Waals surface area contributed by atoms with Crippen LogP contribution in [0.3, 0.4) is 0 Å². The lowest BCUT2D eigenvalue weighted by Gasteiger charge is -2.24. The minimum Gasteiger partial charge on any atom is -0.458 e. The maximum atomic E-state index is 11.1. The summed E-state index contributed by atoms with van der Waals surface area (Å²) in [5.74, 6) is -0.800. The quantitative estimate of drug-likeness (QED) is 0.565. The molecule has 6 heteroatoms. The molecule has 1 aliphatic rings. The van der Waals surface area contributed by atoms with E-state index in [0.717, 1.165) is 19.4 Å². The van der Waals surface area contributed by atoms with Crippen LogP contribution in [0.15, 0.2) is 0 Å². The van der Waals surface area contributed by atoms with E-state index < -0.39 is 9.76 Å². The first kappa shape index (κ1) is 11.4. The number of esters is 1. The molecule has 0 aromatic rings. The van der Waals surface area contributed by atoms with Crippen molar-refractivity contribution in [2.45, 2.75) is 22.7 Å². The van der Waals surface area contributed by atoms with E-state index in [9.17, 15) is 4.79 Å². The van der Waals surface area contributed by atoms with Crippen molar-refractivity contribution in [3.63, 3.8) is 0 Å². The molecule has 0 aliphatic carbocycles. The molecule has 1 atom stereocenters. The second kappa shape index (κ2) is 4.69. The largest absolute Gasteiger partial charge is 0.458 e. The van der Waals surface area contributed by atoms with Crippen LogP contribution in [0.1, 0.15) is 12.8 Å². The molecule has 0 saturated carbocycles. The van der Waals surface area contributed by atoms with E-state index in [2.05, 4.69) is 5.32 Å². The Bertz CT molecular complexity index is 187. The smallest absolute Gasteiger partial charge is 0.358 e. The Labute approximate surface area is 91.7 Å². The van der Waals surface area contributed by atoms with Crippen LogP contribution in [0.25, 0.3) is 0 Å². The van der Waals surface area contributed by atoms with Crippen molar-refractivity contribution < 1.29 is 9.53 Å². The van der Waals surface area contributed by atoms with Gasteiger partial charge in [-0.25, -0.2) is 4.79 Å². The number of halogens is 3. The molecular formula is C7H10Cl3NO2. The van der Waals surface area contributed by atoms with Gasteiger partial charge in [-0.2, -0.15) is 0 Å². The zero-order valence-electron chi connectivity index (χ0n) is 6.86. The topological polar surface area (TPSA) is 38.3 Å². The van der Waals surface area contributed by atoms with Crippen molar-refractivity contribution in [1.29, 1.82) is 0 Å². The van der Waals surface area contributed by atoms with Crippen LogP contribution < -0.4 is 5.32 Å². The molecule has 0 aromatic carbocycles. The SMILES string of the molecule is O=C(OC1CCCNC1)C(Cl)(Cl)Cl. The van der Waals surface area contributed by atoms with Crippen LogP contribution in [0.2, 0.25) is 0 Å². The van der Waals surface area contributed by atoms with E-state index in [-0.39, 0.29) is 6.10 Å². The van der Waals surface area contributed by atoms with Crippen molar-refractivity contribution >= 4 is 40.8 Å². The van der Waals surface area contributed by atoms with Crippen LogP contribution in [-0.2, 0) is 9.53 Å². The highest BCUT2D eigenvalue weighted by molar-refractivity contribution is 6.75. The standard InChI is InChI=1S/C7H10Cl3NO2/c8-7(9,10)6(12)13-5-2-1-3-11-4-5/h5,11H,1-4H2. The van der Waals surface area contributed by atoms with Crippen LogP contribution in [-0.4, -0.2) is 29.0 Å². The summed E-state index contributed by atoms with van der Waals surface area (Å²) < 4.78 is 3.00. The molecule has 13 heavy (non-hydrogen) atoms. The van der Waals surface area contributed by atoms with E-state index in [4.69, 9.17) is 39.5 Å². The van der Waals surface area contributed by atoms with Crippen LogP contribution >= 0.6 is 34.8 Å². The molecule has 1 heterocycles. The number of ether oxygens (including phenoxy) is 1. The number of carbonyl (C=O) groups is 1. The van der Waals surface area contributed by atoms with Gasteiger partial charge in [-0.15, -0.1) is 0 Å². The summed E-state index contributed by atoms with van der Waals surface area (Å²) in [6, 6.07) is 0. The average molecular weight is 247 g/mol. The molecule has 3 nitrogen and oxygen atoms in total. The number of piperidine rings is 1. The Morgan fingerprint density at radius 2 is 2.15 bits per heavy atom. The third-order valence-corrected chi connectivity index (χ3v) is 2.22. The summed E-state index contributed by atoms with van der Waals surface area (Å²) in [6.45, 7) is 1.58. The summed E-state index contributed by atoms with van der Waals surface area (Å²) in [5.41, 5.74) is 0. The van der Waals surface area contributed by atoms with Crippen molar-refractivity contribution in [3.05, 3.63) is 0 Å². The molecule has 0 spiro atoms. The Hall–Kier alpha value is 0.300. The monoisotopic (exact) mass is 245 g/mol. The highest BCUT2D eigenvalue weighted by atomic mass is 35.6. The first-order valence-corrected chi connectivity index (χ1v) is 5.12. The third kappa shape index (κ3) is 3.90. The van der Waals surface area contributed by atoms with E-state index in [1.165, 1.54) is 0 Å². The molecule has 76 valence electrons. The summed E-state index contributed by atoms with van der Waals surface area (Å²) >= 11 is 16.0. The molecular weight excluding hydrogens is 236 g/mol. The molecule has 0 bridgehead atoms. The van der Waals surface area contributed by atoms with Gasteiger partial charge in [0.2, 0.25) is 0 Å². The molecule has 1 aliphatic heterocycles. The Balaban J connectivity index is 2.35. The lowest BCUT2D eigenvalue weighted by Crippen LogP contribution is -2.39. The number of alkyl halides is 3. The number of hydrogen-bond acceptors (Lipinski definition) is 3. The van der Waals surface area contributed by atoms with E-state index in [1.807, 2.05) is 0 Å². The predicted molar refractivity (Wildman–Crippen MR) is 52.3 cm³/mol. The van der Waals surface area contributed by atoms with Crippen molar-refractivity contribution in [2.75, 3.05) is 13.1 Å². The van der Waals surface area contributed by atoms with Gasteiger partial charge in [0.15, 0.2) is 0 Å². The minimum atomic E-state index is -1.96. The predicted octanol–water partition coefficient (Wildman–Crippen LogP) is 1.65. The zero-order chi connectivity index (χ0) is 9.90. The fourth-order valence-corrected chi connectivity index (χ4v) is 1.27. The summed E-state index contributed by atoms with van der Waals surface area (Å²) in [5, 5.41) is 3.09. The zero-order valence-corrected chi connectivity index (χ0v) is 9.12. The molecule has 1 rings (SSSR count). The molecule has 1 fully saturated rings. The third-order valence-electron chi connectivity index (χ3n) is 1.76. The summed E-state index contributed by atoms with van der Waals surface area (Å²) in [6.07, 6.45) is 1.62. The van der Waals surface area contributed by atoms with Crippen molar-refractivity contribution in [3.8, 4) is 0 Å². The van der Waals surface area contributed by atoms with E-state index >= 15 is 0 Å². The summed E-state index contributed by atoms with van der Waals surface area (Å²) in [7, 11) is 0. The molecule has 0 radical (unpaired) electrons. The maximum absolute atomic E-state index is 11.1. The average Bonchev–Trinajstić information content (AvgIpc) is 2.04. The first-order chi connectivity index (χ1) is 6.00. The Morgan fingerprint density at radius 1 is 1.46 bits per heavy atom. The minimum absolute atomic E-state index is 0.170. The second-order valence-electron chi connectivity index (χ2n) is 2.87. The van der Waals surface area contributed by atoms with Gasteiger partial charge in [0.1, 0.15) is 6.10 Å². The normalized spacial score (nSPS) is 24.1. The van der Waals surface area contributed by atoms with Crippen LogP contribution in [0, 0.1) is 0 Å². The fraction of sp³-hybridized carbons (Fsp3) is 0.857. The lowest BCUT2D eigenvalue weighted by atomic mass is 10.1. The molecule has 0 aromatic heterocycles. The van der Waals surface area contributed by atoms with Gasteiger partial charge in [0.05, 0.1) is 0 Å². The van der Waals surface area contributed by atoms with Crippen LogP contribution in [0.4, 0.5) is 0 Å². The summed E-state index contributed by atoms with van der Waals surface area (Å²) in [4.78, 5) is 11.1. The second-order valence-corrected chi connectivity index (χ2v) is 5.15. The molecule has 1 N–H and O–H groups in total. The van der Waals surface area contributed by atoms with Crippen molar-refractivity contribution in [2.24, 2.45) is 0 Å². The number of hydrogen-bond donors (Lipinski definition) is 1. The van der Waals surface area contributed by atoms with Crippen LogP contribution in [0.5, 0.6) is 0 Å². The van der Waals surface area contributed by atoms with E-state index in [0.29, 0.717) is 6.54 Å².